The minimum absolute atomic E-state index is 0.147. The van der Waals surface area contributed by atoms with Crippen molar-refractivity contribution in [1.29, 1.82) is 0 Å². The zero-order valence-corrected chi connectivity index (χ0v) is 13.2. The third-order valence-corrected chi connectivity index (χ3v) is 3.75. The summed E-state index contributed by atoms with van der Waals surface area (Å²) in [6.07, 6.45) is 0. The van der Waals surface area contributed by atoms with Crippen molar-refractivity contribution in [2.45, 2.75) is 40.0 Å². The maximum atomic E-state index is 4.00. The number of aryl methyl sites for hydroxylation is 1. The molecule has 0 radical (unpaired) electrons. The lowest BCUT2D eigenvalue weighted by atomic mass is 9.80. The van der Waals surface area contributed by atoms with Gasteiger partial charge < -0.3 is 0 Å². The molecule has 0 nitrogen and oxygen atoms in total. The van der Waals surface area contributed by atoms with Crippen LogP contribution in [-0.2, 0) is 5.41 Å². The van der Waals surface area contributed by atoms with Crippen molar-refractivity contribution in [3.05, 3.63) is 65.7 Å². The van der Waals surface area contributed by atoms with Crippen LogP contribution >= 0.6 is 0 Å². The summed E-state index contributed by atoms with van der Waals surface area (Å²) in [4.78, 5) is 0. The maximum absolute atomic E-state index is 4.00. The van der Waals surface area contributed by atoms with Gasteiger partial charge in [-0.05, 0) is 47.1 Å². The van der Waals surface area contributed by atoms with E-state index in [2.05, 4.69) is 76.7 Å². The molecular weight excluding hydrogens is 240 g/mol. The molecule has 0 spiro atoms. The summed E-state index contributed by atoms with van der Waals surface area (Å²) in [5, 5.41) is 0. The van der Waals surface area contributed by atoms with Crippen LogP contribution in [0.1, 0.15) is 44.4 Å². The summed E-state index contributed by atoms with van der Waals surface area (Å²) in [6, 6.07) is 15.3. The van der Waals surface area contributed by atoms with E-state index in [0.717, 1.165) is 5.57 Å². The Morgan fingerprint density at radius 3 is 2.05 bits per heavy atom. The second kappa shape index (κ2) is 5.28. The largest absolute Gasteiger partial charge is 0.0955 e. The third-order valence-electron chi connectivity index (χ3n) is 3.75. The molecule has 0 fully saturated rings. The molecule has 0 aromatic heterocycles. The normalized spacial score (nSPS) is 11.4. The van der Waals surface area contributed by atoms with Crippen molar-refractivity contribution in [1.82, 2.24) is 0 Å². The molecule has 0 heteroatoms. The zero-order valence-electron chi connectivity index (χ0n) is 13.2. The molecule has 0 aliphatic carbocycles. The summed E-state index contributed by atoms with van der Waals surface area (Å²) < 4.78 is 0. The lowest BCUT2D eigenvalue weighted by Crippen LogP contribution is -2.13. The summed E-state index contributed by atoms with van der Waals surface area (Å²) in [6.45, 7) is 15.1. The number of rotatable bonds is 2. The number of benzene rings is 2. The zero-order chi connectivity index (χ0) is 14.9. The second-order valence-electron chi connectivity index (χ2n) is 6.61. The van der Waals surface area contributed by atoms with Crippen molar-refractivity contribution in [2.75, 3.05) is 0 Å². The predicted molar refractivity (Wildman–Crippen MR) is 90.0 cm³/mol. The summed E-state index contributed by atoms with van der Waals surface area (Å²) in [5.41, 5.74) is 7.86. The summed E-state index contributed by atoms with van der Waals surface area (Å²) in [7, 11) is 0. The van der Waals surface area contributed by atoms with Crippen LogP contribution in [0.15, 0.2) is 49.0 Å². The minimum Gasteiger partial charge on any atom is -0.0955 e. The summed E-state index contributed by atoms with van der Waals surface area (Å²) >= 11 is 0. The van der Waals surface area contributed by atoms with E-state index in [-0.39, 0.29) is 5.41 Å². The van der Waals surface area contributed by atoms with E-state index in [1.165, 1.54) is 27.8 Å². The molecule has 20 heavy (non-hydrogen) atoms. The molecule has 0 saturated carbocycles. The average Bonchev–Trinajstić information content (AvgIpc) is 2.37. The van der Waals surface area contributed by atoms with Crippen LogP contribution in [0.2, 0.25) is 0 Å². The van der Waals surface area contributed by atoms with Crippen LogP contribution in [0.5, 0.6) is 0 Å². The first-order valence-corrected chi connectivity index (χ1v) is 7.17. The Morgan fingerprint density at radius 1 is 0.950 bits per heavy atom. The van der Waals surface area contributed by atoms with Gasteiger partial charge in [-0.2, -0.15) is 0 Å². The molecule has 2 rings (SSSR count). The van der Waals surface area contributed by atoms with Gasteiger partial charge in [0, 0.05) is 0 Å². The molecule has 0 N–H and O–H groups in total. The third kappa shape index (κ3) is 2.85. The smallest absolute Gasteiger partial charge is 0.0117 e. The highest BCUT2D eigenvalue weighted by Gasteiger charge is 2.19. The Balaban J connectivity index is 2.60. The van der Waals surface area contributed by atoms with E-state index in [4.69, 9.17) is 0 Å². The quantitative estimate of drug-likeness (QED) is 0.624. The molecule has 0 aliphatic rings. The van der Waals surface area contributed by atoms with Gasteiger partial charge in [-0.3, -0.25) is 0 Å². The first kappa shape index (κ1) is 14.6. The van der Waals surface area contributed by atoms with E-state index >= 15 is 0 Å². The van der Waals surface area contributed by atoms with Gasteiger partial charge in [0.1, 0.15) is 0 Å². The fraction of sp³-hybridized carbons (Fsp3) is 0.300. The van der Waals surface area contributed by atoms with Crippen LogP contribution in [0.4, 0.5) is 0 Å². The van der Waals surface area contributed by atoms with E-state index in [1.54, 1.807) is 0 Å². The second-order valence-corrected chi connectivity index (χ2v) is 6.61. The average molecular weight is 264 g/mol. The lowest BCUT2D eigenvalue weighted by molar-refractivity contribution is 0.591. The predicted octanol–water partition coefficient (Wildman–Crippen LogP) is 5.99. The molecule has 2 aromatic carbocycles. The number of hydrogen-bond donors (Lipinski definition) is 0. The molecule has 0 bridgehead atoms. The van der Waals surface area contributed by atoms with Crippen molar-refractivity contribution in [3.63, 3.8) is 0 Å². The Bertz CT molecular complexity index is 622. The highest BCUT2D eigenvalue weighted by molar-refractivity contribution is 5.74. The Hall–Kier alpha value is -1.82. The van der Waals surface area contributed by atoms with Gasteiger partial charge in [-0.15, -0.1) is 0 Å². The highest BCUT2D eigenvalue weighted by atomic mass is 14.2. The topological polar surface area (TPSA) is 0 Å². The fourth-order valence-electron chi connectivity index (χ4n) is 2.60. The molecular formula is C20H24. The van der Waals surface area contributed by atoms with Crippen LogP contribution in [0.25, 0.3) is 16.7 Å². The molecule has 0 aliphatic heterocycles. The van der Waals surface area contributed by atoms with Gasteiger partial charge in [-0.1, -0.05) is 75.4 Å². The molecule has 0 atom stereocenters. The van der Waals surface area contributed by atoms with Gasteiger partial charge >= 0.3 is 0 Å². The van der Waals surface area contributed by atoms with Gasteiger partial charge in [0.15, 0.2) is 0 Å². The Kier molecular flexibility index (Phi) is 3.85. The van der Waals surface area contributed by atoms with Gasteiger partial charge in [0.25, 0.3) is 0 Å². The molecule has 0 heterocycles. The van der Waals surface area contributed by atoms with Crippen LogP contribution in [-0.4, -0.2) is 0 Å². The van der Waals surface area contributed by atoms with Crippen molar-refractivity contribution in [3.8, 4) is 11.1 Å². The van der Waals surface area contributed by atoms with Crippen LogP contribution < -0.4 is 0 Å². The van der Waals surface area contributed by atoms with E-state index < -0.39 is 0 Å². The monoisotopic (exact) mass is 264 g/mol. The van der Waals surface area contributed by atoms with E-state index in [9.17, 15) is 0 Å². The fourth-order valence-corrected chi connectivity index (χ4v) is 2.60. The first-order chi connectivity index (χ1) is 9.30. The van der Waals surface area contributed by atoms with Crippen LogP contribution in [0, 0.1) is 6.92 Å². The van der Waals surface area contributed by atoms with Gasteiger partial charge in [0.2, 0.25) is 0 Å². The molecule has 0 unspecified atom stereocenters. The number of hydrogen-bond acceptors (Lipinski definition) is 0. The van der Waals surface area contributed by atoms with Crippen molar-refractivity contribution in [2.24, 2.45) is 0 Å². The minimum atomic E-state index is 0.147. The Labute approximate surface area is 123 Å². The first-order valence-electron chi connectivity index (χ1n) is 7.17. The van der Waals surface area contributed by atoms with Gasteiger partial charge in [0.05, 0.1) is 0 Å². The number of allylic oxidation sites excluding steroid dienone is 1. The lowest BCUT2D eigenvalue weighted by Gasteiger charge is -2.24. The standard InChI is InChI=1S/C20H24/c1-14(2)16-10-12-17(13-11-16)19-15(3)8-7-9-18(19)20(4,5)6/h7-13H,1H2,2-6H3. The van der Waals surface area contributed by atoms with Gasteiger partial charge in [-0.25, -0.2) is 0 Å². The SMILES string of the molecule is C=C(C)c1ccc(-c2c(C)cccc2C(C)(C)C)cc1. The highest BCUT2D eigenvalue weighted by Crippen LogP contribution is 2.35. The van der Waals surface area contributed by atoms with Crippen molar-refractivity contribution < 1.29 is 0 Å². The maximum Gasteiger partial charge on any atom is -0.0117 e. The van der Waals surface area contributed by atoms with Crippen LogP contribution in [0.3, 0.4) is 0 Å². The summed E-state index contributed by atoms with van der Waals surface area (Å²) in [5.74, 6) is 0. The molecule has 104 valence electrons. The van der Waals surface area contributed by atoms with E-state index in [1.807, 2.05) is 6.92 Å². The molecule has 2 aromatic rings. The van der Waals surface area contributed by atoms with Crippen molar-refractivity contribution >= 4 is 5.57 Å². The Morgan fingerprint density at radius 2 is 1.55 bits per heavy atom. The molecule has 0 saturated heterocycles. The molecule has 0 amide bonds. The van der Waals surface area contributed by atoms with E-state index in [0.29, 0.717) is 0 Å².